The Bertz CT molecular complexity index is 644. The van der Waals surface area contributed by atoms with Crippen molar-refractivity contribution >= 4 is 13.1 Å². The summed E-state index contributed by atoms with van der Waals surface area (Å²) < 4.78 is 5.83. The quantitative estimate of drug-likeness (QED) is 0.426. The summed E-state index contributed by atoms with van der Waals surface area (Å²) in [6, 6.07) is 3.66. The highest BCUT2D eigenvalue weighted by Crippen LogP contribution is 2.34. The Morgan fingerprint density at radius 1 is 1.27 bits per heavy atom. The first-order valence-electron chi connectivity index (χ1n) is 9.01. The van der Waals surface area contributed by atoms with Crippen LogP contribution in [0.25, 0.3) is 0 Å². The number of aryl methyl sites for hydroxylation is 1. The van der Waals surface area contributed by atoms with E-state index < -0.39 is 13.1 Å². The number of carboxylic acids is 1. The third kappa shape index (κ3) is 4.29. The van der Waals surface area contributed by atoms with Gasteiger partial charge in [0.2, 0.25) is 0 Å². The molecule has 0 aliphatic carbocycles. The minimum Gasteiger partial charge on any atom is -0.507 e. The molecule has 2 aliphatic heterocycles. The topological polar surface area (TPSA) is 122 Å². The summed E-state index contributed by atoms with van der Waals surface area (Å²) in [5.41, 5.74) is 0.0861. The van der Waals surface area contributed by atoms with Gasteiger partial charge in [0.1, 0.15) is 23.2 Å². The normalized spacial score (nSPS) is 19.2. The summed E-state index contributed by atoms with van der Waals surface area (Å²) in [4.78, 5) is 13.9. The lowest BCUT2D eigenvalue weighted by atomic mass is 9.82. The van der Waals surface area contributed by atoms with E-state index in [1.54, 1.807) is 6.07 Å². The number of carboxylic acid groups (broad SMARTS) is 1. The maximum absolute atomic E-state index is 11.6. The molecule has 0 spiro atoms. The van der Waals surface area contributed by atoms with E-state index in [4.69, 9.17) is 14.8 Å². The zero-order chi connectivity index (χ0) is 18.7. The van der Waals surface area contributed by atoms with Gasteiger partial charge >= 0.3 is 13.1 Å². The number of ether oxygens (including phenoxy) is 1. The van der Waals surface area contributed by atoms with Crippen LogP contribution in [0.2, 0.25) is 6.32 Å². The molecule has 26 heavy (non-hydrogen) atoms. The van der Waals surface area contributed by atoms with E-state index in [9.17, 15) is 15.0 Å². The molecule has 9 heteroatoms. The number of aromatic carboxylic acids is 1. The van der Waals surface area contributed by atoms with Gasteiger partial charge in [-0.15, -0.1) is 0 Å². The first kappa shape index (κ1) is 19.0. The molecular weight excluding hydrogens is 339 g/mol. The van der Waals surface area contributed by atoms with Crippen molar-refractivity contribution in [2.24, 2.45) is 0 Å². The Morgan fingerprint density at radius 2 is 1.96 bits per heavy atom. The van der Waals surface area contributed by atoms with Gasteiger partial charge in [0.15, 0.2) is 0 Å². The van der Waals surface area contributed by atoms with Gasteiger partial charge in [0.05, 0.1) is 0 Å². The van der Waals surface area contributed by atoms with Gasteiger partial charge in [-0.25, -0.2) is 4.79 Å². The lowest BCUT2D eigenvalue weighted by Crippen LogP contribution is -2.59. The maximum Gasteiger partial charge on any atom is 0.451 e. The van der Waals surface area contributed by atoms with Crippen LogP contribution in [0.1, 0.15) is 28.8 Å². The summed E-state index contributed by atoms with van der Waals surface area (Å²) in [6.45, 7) is 3.55. The Morgan fingerprint density at radius 3 is 2.58 bits per heavy atom. The molecule has 2 aliphatic rings. The second-order valence-corrected chi connectivity index (χ2v) is 6.95. The monoisotopic (exact) mass is 364 g/mol. The third-order valence-corrected chi connectivity index (χ3v) is 5.10. The molecule has 0 radical (unpaired) electrons. The predicted octanol–water partition coefficient (Wildman–Crippen LogP) is -0.0793. The van der Waals surface area contributed by atoms with Crippen molar-refractivity contribution in [1.29, 1.82) is 0 Å². The molecule has 2 saturated heterocycles. The molecular formula is C17H25BN2O6. The summed E-state index contributed by atoms with van der Waals surface area (Å²) in [5.74, 6) is -1.48. The van der Waals surface area contributed by atoms with E-state index >= 15 is 0 Å². The van der Waals surface area contributed by atoms with Crippen molar-refractivity contribution in [3.63, 3.8) is 0 Å². The highest BCUT2D eigenvalue weighted by molar-refractivity contribution is 6.41. The number of nitrogens with zero attached hydrogens (tertiary/aromatic N) is 1. The number of hydrogen-bond acceptors (Lipinski definition) is 7. The standard InChI is InChI=1S/C17H25BN2O6/c21-16-11(3-6-18(24)25)1-2-14(15(16)17(22)23)26-13-9-20(10-13)12-4-7-19-8-5-12/h1-2,12-13,19,21,24-25H,3-10H2,(H,22,23). The molecule has 2 heterocycles. The molecule has 0 unspecified atom stereocenters. The van der Waals surface area contributed by atoms with Crippen LogP contribution in [0, 0.1) is 0 Å². The van der Waals surface area contributed by atoms with Crippen LogP contribution >= 0.6 is 0 Å². The molecule has 1 aromatic carbocycles. The average Bonchev–Trinajstić information content (AvgIpc) is 2.57. The molecule has 0 bridgehead atoms. The van der Waals surface area contributed by atoms with Crippen LogP contribution in [0.4, 0.5) is 0 Å². The summed E-state index contributed by atoms with van der Waals surface area (Å²) in [7, 11) is -1.51. The van der Waals surface area contributed by atoms with E-state index in [0.717, 1.165) is 39.0 Å². The summed E-state index contributed by atoms with van der Waals surface area (Å²) in [5, 5.41) is 41.0. The van der Waals surface area contributed by atoms with Gasteiger partial charge in [0.25, 0.3) is 0 Å². The fourth-order valence-corrected chi connectivity index (χ4v) is 3.60. The molecule has 0 aromatic heterocycles. The first-order chi connectivity index (χ1) is 12.5. The molecule has 1 aromatic rings. The number of benzene rings is 1. The van der Waals surface area contributed by atoms with Crippen molar-refractivity contribution in [3.05, 3.63) is 23.3 Å². The molecule has 0 amide bonds. The average molecular weight is 364 g/mol. The number of aromatic hydroxyl groups is 1. The fourth-order valence-electron chi connectivity index (χ4n) is 3.60. The van der Waals surface area contributed by atoms with Crippen LogP contribution in [0.5, 0.6) is 11.5 Å². The number of nitrogens with one attached hydrogen (secondary N) is 1. The second-order valence-electron chi connectivity index (χ2n) is 6.95. The second kappa shape index (κ2) is 8.26. The highest BCUT2D eigenvalue weighted by atomic mass is 16.5. The first-order valence-corrected chi connectivity index (χ1v) is 9.01. The smallest absolute Gasteiger partial charge is 0.451 e. The van der Waals surface area contributed by atoms with Crippen LogP contribution in [-0.2, 0) is 6.42 Å². The predicted molar refractivity (Wildman–Crippen MR) is 95.6 cm³/mol. The minimum atomic E-state index is -1.51. The molecule has 142 valence electrons. The Hall–Kier alpha value is -1.81. The van der Waals surface area contributed by atoms with E-state index in [1.165, 1.54) is 6.07 Å². The molecule has 8 nitrogen and oxygen atoms in total. The highest BCUT2D eigenvalue weighted by Gasteiger charge is 2.35. The Labute approximate surface area is 152 Å². The fraction of sp³-hybridized carbons (Fsp3) is 0.588. The van der Waals surface area contributed by atoms with Crippen molar-refractivity contribution in [2.45, 2.75) is 37.7 Å². The zero-order valence-corrected chi connectivity index (χ0v) is 14.6. The van der Waals surface area contributed by atoms with Gasteiger partial charge in [-0.1, -0.05) is 6.07 Å². The number of hydrogen-bond donors (Lipinski definition) is 5. The van der Waals surface area contributed by atoms with Gasteiger partial charge in [-0.3, -0.25) is 4.90 Å². The number of phenols is 1. The lowest BCUT2D eigenvalue weighted by molar-refractivity contribution is -0.0175. The van der Waals surface area contributed by atoms with E-state index in [0.29, 0.717) is 11.6 Å². The molecule has 2 fully saturated rings. The van der Waals surface area contributed by atoms with E-state index in [2.05, 4.69) is 10.2 Å². The van der Waals surface area contributed by atoms with Crippen LogP contribution < -0.4 is 10.1 Å². The number of piperidine rings is 1. The number of carbonyl (C=O) groups is 1. The number of rotatable bonds is 7. The number of likely N-dealkylation sites (tertiary alicyclic amines) is 1. The minimum absolute atomic E-state index is 0.0145. The van der Waals surface area contributed by atoms with E-state index in [-0.39, 0.29) is 35.9 Å². The largest absolute Gasteiger partial charge is 0.507 e. The van der Waals surface area contributed by atoms with Gasteiger partial charge < -0.3 is 30.3 Å². The van der Waals surface area contributed by atoms with Crippen molar-refractivity contribution < 1.29 is 29.8 Å². The maximum atomic E-state index is 11.6. The summed E-state index contributed by atoms with van der Waals surface area (Å²) >= 11 is 0. The third-order valence-electron chi connectivity index (χ3n) is 5.10. The van der Waals surface area contributed by atoms with Crippen LogP contribution in [0.15, 0.2) is 12.1 Å². The van der Waals surface area contributed by atoms with Gasteiger partial charge in [0, 0.05) is 19.1 Å². The van der Waals surface area contributed by atoms with Crippen molar-refractivity contribution in [3.8, 4) is 11.5 Å². The van der Waals surface area contributed by atoms with Crippen molar-refractivity contribution in [2.75, 3.05) is 26.2 Å². The van der Waals surface area contributed by atoms with Gasteiger partial charge in [-0.2, -0.15) is 0 Å². The van der Waals surface area contributed by atoms with Crippen LogP contribution in [-0.4, -0.2) is 76.6 Å². The summed E-state index contributed by atoms with van der Waals surface area (Å²) in [6.07, 6.45) is 2.31. The Balaban J connectivity index is 1.64. The molecule has 5 N–H and O–H groups in total. The van der Waals surface area contributed by atoms with E-state index in [1.807, 2.05) is 0 Å². The lowest BCUT2D eigenvalue weighted by Gasteiger charge is -2.45. The zero-order valence-electron chi connectivity index (χ0n) is 14.6. The molecule has 3 rings (SSSR count). The van der Waals surface area contributed by atoms with Gasteiger partial charge in [-0.05, 0) is 50.3 Å². The Kier molecular flexibility index (Phi) is 6.03. The van der Waals surface area contributed by atoms with Crippen molar-refractivity contribution in [1.82, 2.24) is 10.2 Å². The van der Waals surface area contributed by atoms with Crippen LogP contribution in [0.3, 0.4) is 0 Å². The molecule has 0 saturated carbocycles. The SMILES string of the molecule is O=C(O)c1c(OC2CN(C3CCNCC3)C2)ccc(CCB(O)O)c1O. The molecule has 0 atom stereocenters.